The molecule has 6 nitrogen and oxygen atoms in total. The van der Waals surface area contributed by atoms with Gasteiger partial charge in [-0.3, -0.25) is 0 Å². The normalized spacial score (nSPS) is 10.2. The molecule has 0 amide bonds. The number of hydrogen-bond donors (Lipinski definition) is 2. The fourth-order valence-electron chi connectivity index (χ4n) is 2.16. The average Bonchev–Trinajstić information content (AvgIpc) is 2.62. The van der Waals surface area contributed by atoms with Gasteiger partial charge in [0.05, 0.1) is 13.2 Å². The molecule has 0 heterocycles. The molecule has 0 aliphatic heterocycles. The minimum Gasteiger partial charge on any atom is -0.490 e. The van der Waals surface area contributed by atoms with E-state index in [4.69, 9.17) is 14.2 Å². The van der Waals surface area contributed by atoms with Crippen LogP contribution in [0.25, 0.3) is 0 Å². The number of esters is 1. The van der Waals surface area contributed by atoms with E-state index in [-0.39, 0.29) is 6.61 Å². The van der Waals surface area contributed by atoms with Gasteiger partial charge in [0, 0.05) is 12.2 Å². The Bertz CT molecular complexity index is 662. The van der Waals surface area contributed by atoms with E-state index in [0.717, 1.165) is 11.3 Å². The van der Waals surface area contributed by atoms with E-state index in [1.807, 2.05) is 49.4 Å². The van der Waals surface area contributed by atoms with Crippen LogP contribution < -0.4 is 20.3 Å². The smallest absolute Gasteiger partial charge is 0.344 e. The molecule has 25 heavy (non-hydrogen) atoms. The van der Waals surface area contributed by atoms with E-state index < -0.39 is 5.97 Å². The van der Waals surface area contributed by atoms with E-state index in [0.29, 0.717) is 31.3 Å². The summed E-state index contributed by atoms with van der Waals surface area (Å²) in [6.07, 6.45) is 0. The monoisotopic (exact) mass is 344 g/mol. The number of rotatable bonds is 10. The van der Waals surface area contributed by atoms with E-state index in [2.05, 4.69) is 10.9 Å². The van der Waals surface area contributed by atoms with E-state index >= 15 is 0 Å². The highest BCUT2D eigenvalue weighted by atomic mass is 16.6. The van der Waals surface area contributed by atoms with Crippen LogP contribution >= 0.6 is 0 Å². The van der Waals surface area contributed by atoms with Crippen molar-refractivity contribution in [1.82, 2.24) is 5.43 Å². The molecular weight excluding hydrogens is 320 g/mol. The fraction of sp³-hybridized carbons (Fsp3) is 0.316. The molecule has 0 aromatic heterocycles. The van der Waals surface area contributed by atoms with Gasteiger partial charge in [-0.25, -0.2) is 10.2 Å². The second-order valence-corrected chi connectivity index (χ2v) is 5.15. The summed E-state index contributed by atoms with van der Waals surface area (Å²) < 4.78 is 16.0. The molecule has 0 radical (unpaired) electrons. The number of carbonyl (C=O) groups excluding carboxylic acids is 1. The lowest BCUT2D eigenvalue weighted by Crippen LogP contribution is -2.20. The van der Waals surface area contributed by atoms with Crippen LogP contribution in [-0.2, 0) is 16.1 Å². The van der Waals surface area contributed by atoms with Crippen molar-refractivity contribution in [1.29, 1.82) is 0 Å². The van der Waals surface area contributed by atoms with Crippen LogP contribution in [0.3, 0.4) is 0 Å². The summed E-state index contributed by atoms with van der Waals surface area (Å²) in [5.74, 6) is 0.725. The molecule has 0 atom stereocenters. The predicted octanol–water partition coefficient (Wildman–Crippen LogP) is 3.14. The minimum absolute atomic E-state index is 0.138. The zero-order valence-corrected chi connectivity index (χ0v) is 14.6. The summed E-state index contributed by atoms with van der Waals surface area (Å²) in [6, 6.07) is 15.5. The summed E-state index contributed by atoms with van der Waals surface area (Å²) in [4.78, 5) is 11.4. The summed E-state index contributed by atoms with van der Waals surface area (Å²) in [6.45, 7) is 4.97. The first kappa shape index (κ1) is 18.6. The van der Waals surface area contributed by atoms with Crippen molar-refractivity contribution in [2.75, 3.05) is 25.2 Å². The maximum absolute atomic E-state index is 11.4. The SMILES string of the molecule is CCOC(=O)COc1ccc(CNNc2ccccc2)cc1OCC. The Kier molecular flexibility index (Phi) is 7.59. The summed E-state index contributed by atoms with van der Waals surface area (Å²) in [7, 11) is 0. The Morgan fingerprint density at radius 1 is 0.960 bits per heavy atom. The van der Waals surface area contributed by atoms with Gasteiger partial charge in [-0.1, -0.05) is 24.3 Å². The zero-order chi connectivity index (χ0) is 17.9. The second-order valence-electron chi connectivity index (χ2n) is 5.15. The Morgan fingerprint density at radius 3 is 2.48 bits per heavy atom. The highest BCUT2D eigenvalue weighted by molar-refractivity contribution is 5.71. The molecule has 0 unspecified atom stereocenters. The number of ether oxygens (including phenoxy) is 3. The van der Waals surface area contributed by atoms with Crippen LogP contribution in [-0.4, -0.2) is 25.8 Å². The number of hydrogen-bond acceptors (Lipinski definition) is 6. The van der Waals surface area contributed by atoms with Crippen molar-refractivity contribution in [3.63, 3.8) is 0 Å². The zero-order valence-electron chi connectivity index (χ0n) is 14.6. The van der Waals surface area contributed by atoms with E-state index in [1.165, 1.54) is 0 Å². The van der Waals surface area contributed by atoms with Gasteiger partial charge in [0.1, 0.15) is 0 Å². The Hall–Kier alpha value is -2.73. The first-order valence-corrected chi connectivity index (χ1v) is 8.31. The molecule has 2 rings (SSSR count). The standard InChI is InChI=1S/C19H24N2O4/c1-3-23-18-12-15(13-20-21-16-8-6-5-7-9-16)10-11-17(18)25-14-19(22)24-4-2/h5-12,20-21H,3-4,13-14H2,1-2H3. The number of nitrogens with one attached hydrogen (secondary N) is 2. The maximum atomic E-state index is 11.4. The number of anilines is 1. The van der Waals surface area contributed by atoms with Gasteiger partial charge in [0.15, 0.2) is 18.1 Å². The van der Waals surface area contributed by atoms with Crippen LogP contribution in [0.2, 0.25) is 0 Å². The summed E-state index contributed by atoms with van der Waals surface area (Å²) in [5.41, 5.74) is 8.29. The first-order valence-electron chi connectivity index (χ1n) is 8.31. The third kappa shape index (κ3) is 6.35. The van der Waals surface area contributed by atoms with Crippen molar-refractivity contribution in [2.45, 2.75) is 20.4 Å². The van der Waals surface area contributed by atoms with Gasteiger partial charge in [-0.05, 0) is 43.7 Å². The molecule has 0 fully saturated rings. The fourth-order valence-corrected chi connectivity index (χ4v) is 2.16. The molecule has 2 aromatic carbocycles. The Labute approximate surface area is 148 Å². The first-order chi connectivity index (χ1) is 12.2. The molecule has 0 aliphatic carbocycles. The van der Waals surface area contributed by atoms with E-state index in [1.54, 1.807) is 13.0 Å². The van der Waals surface area contributed by atoms with Crippen LogP contribution in [0.5, 0.6) is 11.5 Å². The lowest BCUT2D eigenvalue weighted by molar-refractivity contribution is -0.145. The molecule has 2 aromatic rings. The number of para-hydroxylation sites is 1. The van der Waals surface area contributed by atoms with E-state index in [9.17, 15) is 4.79 Å². The molecule has 0 spiro atoms. The number of carbonyl (C=O) groups is 1. The van der Waals surface area contributed by atoms with Crippen LogP contribution in [0.1, 0.15) is 19.4 Å². The Morgan fingerprint density at radius 2 is 1.76 bits per heavy atom. The van der Waals surface area contributed by atoms with Gasteiger partial charge in [0.25, 0.3) is 0 Å². The third-order valence-electron chi connectivity index (χ3n) is 3.26. The lowest BCUT2D eigenvalue weighted by Gasteiger charge is -2.14. The molecule has 2 N–H and O–H groups in total. The molecule has 6 heteroatoms. The van der Waals surface area contributed by atoms with Gasteiger partial charge in [-0.2, -0.15) is 0 Å². The average molecular weight is 344 g/mol. The highest BCUT2D eigenvalue weighted by Gasteiger charge is 2.09. The third-order valence-corrected chi connectivity index (χ3v) is 3.26. The summed E-state index contributed by atoms with van der Waals surface area (Å²) >= 11 is 0. The van der Waals surface area contributed by atoms with Crippen molar-refractivity contribution in [2.24, 2.45) is 0 Å². The molecule has 134 valence electrons. The van der Waals surface area contributed by atoms with Crippen molar-refractivity contribution < 1.29 is 19.0 Å². The van der Waals surface area contributed by atoms with Crippen LogP contribution in [0.4, 0.5) is 5.69 Å². The molecule has 0 saturated heterocycles. The second kappa shape index (κ2) is 10.2. The van der Waals surface area contributed by atoms with Crippen LogP contribution in [0, 0.1) is 0 Å². The largest absolute Gasteiger partial charge is 0.490 e. The summed E-state index contributed by atoms with van der Waals surface area (Å²) in [5, 5.41) is 0. The highest BCUT2D eigenvalue weighted by Crippen LogP contribution is 2.28. The maximum Gasteiger partial charge on any atom is 0.344 e. The van der Waals surface area contributed by atoms with Crippen LogP contribution in [0.15, 0.2) is 48.5 Å². The lowest BCUT2D eigenvalue weighted by atomic mass is 10.2. The molecule has 0 saturated carbocycles. The van der Waals surface area contributed by atoms with Crippen molar-refractivity contribution >= 4 is 11.7 Å². The molecular formula is C19H24N2O4. The van der Waals surface area contributed by atoms with Gasteiger partial charge in [0.2, 0.25) is 0 Å². The van der Waals surface area contributed by atoms with Gasteiger partial charge >= 0.3 is 5.97 Å². The van der Waals surface area contributed by atoms with Crippen molar-refractivity contribution in [3.05, 3.63) is 54.1 Å². The predicted molar refractivity (Wildman–Crippen MR) is 96.6 cm³/mol. The quantitative estimate of drug-likeness (QED) is 0.510. The number of benzene rings is 2. The number of hydrazine groups is 1. The molecule has 0 aliphatic rings. The molecule has 0 bridgehead atoms. The minimum atomic E-state index is -0.400. The van der Waals surface area contributed by atoms with Gasteiger partial charge in [-0.15, -0.1) is 0 Å². The Balaban J connectivity index is 1.93. The van der Waals surface area contributed by atoms with Crippen molar-refractivity contribution in [3.8, 4) is 11.5 Å². The topological polar surface area (TPSA) is 68.8 Å². The van der Waals surface area contributed by atoms with Gasteiger partial charge < -0.3 is 19.6 Å².